The third-order valence-corrected chi connectivity index (χ3v) is 5.10. The summed E-state index contributed by atoms with van der Waals surface area (Å²) in [5.41, 5.74) is -0.664. The Morgan fingerprint density at radius 1 is 1.44 bits per heavy atom. The quantitative estimate of drug-likeness (QED) is 0.784. The molecule has 1 saturated carbocycles. The summed E-state index contributed by atoms with van der Waals surface area (Å²) in [6.07, 6.45) is 6.46. The van der Waals surface area contributed by atoms with Crippen molar-refractivity contribution >= 4 is 5.97 Å². The number of hydrogen-bond acceptors (Lipinski definition) is 3. The first-order chi connectivity index (χ1) is 8.60. The predicted octanol–water partition coefficient (Wildman–Crippen LogP) is 1.70. The van der Waals surface area contributed by atoms with Crippen molar-refractivity contribution in [3.05, 3.63) is 0 Å². The molecule has 3 unspecified atom stereocenters. The number of likely N-dealkylation sites (N-methyl/N-ethyl adjacent to an activating group) is 1. The molecule has 0 bridgehead atoms. The van der Waals surface area contributed by atoms with Gasteiger partial charge in [-0.2, -0.15) is 0 Å². The number of nitrogens with one attached hydrogen (secondary N) is 1. The maximum atomic E-state index is 11.5. The van der Waals surface area contributed by atoms with Crippen LogP contribution in [0.4, 0.5) is 0 Å². The third kappa shape index (κ3) is 2.41. The molecule has 18 heavy (non-hydrogen) atoms. The summed E-state index contributed by atoms with van der Waals surface area (Å²) < 4.78 is 0. The molecular weight excluding hydrogens is 228 g/mol. The van der Waals surface area contributed by atoms with E-state index in [1.807, 2.05) is 0 Å². The van der Waals surface area contributed by atoms with Crippen molar-refractivity contribution in [2.45, 2.75) is 57.0 Å². The lowest BCUT2D eigenvalue weighted by Gasteiger charge is -2.32. The van der Waals surface area contributed by atoms with Crippen molar-refractivity contribution < 1.29 is 9.90 Å². The van der Waals surface area contributed by atoms with Crippen molar-refractivity contribution in [1.82, 2.24) is 10.2 Å². The van der Waals surface area contributed by atoms with Gasteiger partial charge in [0.05, 0.1) is 0 Å². The van der Waals surface area contributed by atoms with E-state index in [0.29, 0.717) is 6.04 Å². The zero-order valence-corrected chi connectivity index (χ0v) is 11.6. The number of likely N-dealkylation sites (tertiary alicyclic amines) is 1. The van der Waals surface area contributed by atoms with Crippen LogP contribution in [-0.4, -0.2) is 47.7 Å². The molecule has 0 amide bonds. The molecule has 4 heteroatoms. The highest BCUT2D eigenvalue weighted by Gasteiger charge is 2.47. The fourth-order valence-electron chi connectivity index (χ4n) is 3.83. The lowest BCUT2D eigenvalue weighted by molar-refractivity contribution is -0.146. The average Bonchev–Trinajstić information content (AvgIpc) is 2.93. The molecule has 2 N–H and O–H groups in total. The number of hydrogen-bond donors (Lipinski definition) is 2. The van der Waals surface area contributed by atoms with Gasteiger partial charge in [0, 0.05) is 6.04 Å². The number of carboxylic acid groups (broad SMARTS) is 1. The summed E-state index contributed by atoms with van der Waals surface area (Å²) in [5.74, 6) is -0.380. The number of nitrogens with zero attached hydrogens (tertiary/aromatic N) is 1. The Morgan fingerprint density at radius 2 is 2.22 bits per heavy atom. The van der Waals surface area contributed by atoms with E-state index in [-0.39, 0.29) is 5.92 Å². The van der Waals surface area contributed by atoms with Crippen LogP contribution >= 0.6 is 0 Å². The molecular formula is C14H26N2O2. The van der Waals surface area contributed by atoms with Gasteiger partial charge in [-0.05, 0) is 65.1 Å². The summed E-state index contributed by atoms with van der Waals surface area (Å²) in [4.78, 5) is 14.1. The number of carbonyl (C=O) groups is 1. The van der Waals surface area contributed by atoms with Crippen molar-refractivity contribution in [3.8, 4) is 0 Å². The molecule has 1 aliphatic heterocycles. The van der Waals surface area contributed by atoms with Gasteiger partial charge in [-0.25, -0.2) is 0 Å². The molecule has 0 radical (unpaired) electrons. The van der Waals surface area contributed by atoms with Gasteiger partial charge in [0.1, 0.15) is 5.54 Å². The highest BCUT2D eigenvalue weighted by molar-refractivity contribution is 5.79. The van der Waals surface area contributed by atoms with E-state index in [4.69, 9.17) is 0 Å². The minimum absolute atomic E-state index is 0.285. The van der Waals surface area contributed by atoms with Crippen molar-refractivity contribution in [2.24, 2.45) is 5.92 Å². The fraction of sp³-hybridized carbons (Fsp3) is 0.929. The van der Waals surface area contributed by atoms with Gasteiger partial charge in [0.25, 0.3) is 0 Å². The molecule has 3 atom stereocenters. The Morgan fingerprint density at radius 3 is 2.78 bits per heavy atom. The molecule has 4 nitrogen and oxygen atoms in total. The number of carboxylic acids is 1. The zero-order chi connectivity index (χ0) is 13.2. The average molecular weight is 254 g/mol. The second-order valence-electron chi connectivity index (χ2n) is 5.93. The minimum atomic E-state index is -0.665. The van der Waals surface area contributed by atoms with Crippen LogP contribution in [0.2, 0.25) is 0 Å². The third-order valence-electron chi connectivity index (χ3n) is 5.10. The van der Waals surface area contributed by atoms with E-state index < -0.39 is 11.5 Å². The topological polar surface area (TPSA) is 52.6 Å². The largest absolute Gasteiger partial charge is 0.480 e. The summed E-state index contributed by atoms with van der Waals surface area (Å²) in [5, 5.41) is 12.6. The Bertz CT molecular complexity index is 308. The SMILES string of the molecule is CNC1(C(=O)O)CCCC1CCN1CCCC1C. The van der Waals surface area contributed by atoms with E-state index in [1.54, 1.807) is 7.05 Å². The summed E-state index contributed by atoms with van der Waals surface area (Å²) in [7, 11) is 1.80. The Labute approximate surface area is 110 Å². The van der Waals surface area contributed by atoms with Crippen LogP contribution in [0.5, 0.6) is 0 Å². The van der Waals surface area contributed by atoms with Crippen LogP contribution < -0.4 is 5.32 Å². The minimum Gasteiger partial charge on any atom is -0.480 e. The molecule has 2 aliphatic rings. The molecule has 2 rings (SSSR count). The second-order valence-corrected chi connectivity index (χ2v) is 5.93. The second kappa shape index (κ2) is 5.57. The van der Waals surface area contributed by atoms with Crippen LogP contribution in [0.15, 0.2) is 0 Å². The molecule has 1 saturated heterocycles. The lowest BCUT2D eigenvalue weighted by Crippen LogP contribution is -2.53. The zero-order valence-electron chi connectivity index (χ0n) is 11.6. The van der Waals surface area contributed by atoms with Gasteiger partial charge in [-0.3, -0.25) is 4.79 Å². The first-order valence-electron chi connectivity index (χ1n) is 7.26. The van der Waals surface area contributed by atoms with E-state index in [1.165, 1.54) is 19.4 Å². The fourth-order valence-corrected chi connectivity index (χ4v) is 3.83. The first kappa shape index (κ1) is 13.8. The smallest absolute Gasteiger partial charge is 0.324 e. The highest BCUT2D eigenvalue weighted by atomic mass is 16.4. The predicted molar refractivity (Wildman–Crippen MR) is 71.7 cm³/mol. The molecule has 0 spiro atoms. The number of rotatable bonds is 5. The number of aliphatic carboxylic acids is 1. The maximum absolute atomic E-state index is 11.5. The molecule has 0 aromatic carbocycles. The molecule has 1 aliphatic carbocycles. The van der Waals surface area contributed by atoms with E-state index >= 15 is 0 Å². The Hall–Kier alpha value is -0.610. The van der Waals surface area contributed by atoms with Crippen LogP contribution in [0, 0.1) is 5.92 Å². The van der Waals surface area contributed by atoms with Gasteiger partial charge in [0.2, 0.25) is 0 Å². The van der Waals surface area contributed by atoms with Crippen LogP contribution in [0.25, 0.3) is 0 Å². The Kier molecular flexibility index (Phi) is 4.28. The van der Waals surface area contributed by atoms with Gasteiger partial charge >= 0.3 is 5.97 Å². The summed E-state index contributed by atoms with van der Waals surface area (Å²) in [6, 6.07) is 0.681. The van der Waals surface area contributed by atoms with Gasteiger partial charge < -0.3 is 15.3 Å². The molecule has 0 aromatic heterocycles. The first-order valence-corrected chi connectivity index (χ1v) is 7.26. The monoisotopic (exact) mass is 254 g/mol. The molecule has 1 heterocycles. The normalized spacial score (nSPS) is 37.2. The van der Waals surface area contributed by atoms with Crippen molar-refractivity contribution in [3.63, 3.8) is 0 Å². The molecule has 2 fully saturated rings. The summed E-state index contributed by atoms with van der Waals surface area (Å²) >= 11 is 0. The standard InChI is InChI=1S/C14H26N2O2/c1-11-5-4-9-16(11)10-7-12-6-3-8-14(12,15-2)13(17)18/h11-12,15H,3-10H2,1-2H3,(H,17,18). The van der Waals surface area contributed by atoms with Crippen molar-refractivity contribution in [1.29, 1.82) is 0 Å². The van der Waals surface area contributed by atoms with E-state index in [0.717, 1.165) is 32.2 Å². The molecule has 0 aromatic rings. The lowest BCUT2D eigenvalue weighted by atomic mass is 9.84. The van der Waals surface area contributed by atoms with E-state index in [2.05, 4.69) is 17.1 Å². The van der Waals surface area contributed by atoms with Gasteiger partial charge in [-0.1, -0.05) is 6.42 Å². The van der Waals surface area contributed by atoms with Gasteiger partial charge in [0.15, 0.2) is 0 Å². The summed E-state index contributed by atoms with van der Waals surface area (Å²) in [6.45, 7) is 4.53. The molecule has 104 valence electrons. The Balaban J connectivity index is 1.93. The van der Waals surface area contributed by atoms with Crippen LogP contribution in [-0.2, 0) is 4.79 Å². The highest BCUT2D eigenvalue weighted by Crippen LogP contribution is 2.38. The van der Waals surface area contributed by atoms with Gasteiger partial charge in [-0.15, -0.1) is 0 Å². The van der Waals surface area contributed by atoms with Crippen molar-refractivity contribution in [2.75, 3.05) is 20.1 Å². The van der Waals surface area contributed by atoms with Crippen LogP contribution in [0.1, 0.15) is 45.4 Å². The van der Waals surface area contributed by atoms with E-state index in [9.17, 15) is 9.90 Å². The maximum Gasteiger partial charge on any atom is 0.324 e. The van der Waals surface area contributed by atoms with Crippen LogP contribution in [0.3, 0.4) is 0 Å².